The van der Waals surface area contributed by atoms with Crippen LogP contribution in [0.25, 0.3) is 0 Å². The van der Waals surface area contributed by atoms with E-state index in [1.807, 2.05) is 36.0 Å². The lowest BCUT2D eigenvalue weighted by Gasteiger charge is -2.38. The van der Waals surface area contributed by atoms with E-state index in [1.165, 1.54) is 0 Å². The fourth-order valence-corrected chi connectivity index (χ4v) is 4.37. The molecule has 0 aliphatic carbocycles. The predicted molar refractivity (Wildman–Crippen MR) is 87.2 cm³/mol. The van der Waals surface area contributed by atoms with E-state index in [9.17, 15) is 4.79 Å². The van der Waals surface area contributed by atoms with E-state index in [4.69, 9.17) is 4.74 Å². The molecule has 2 amide bonds. The van der Waals surface area contributed by atoms with Gasteiger partial charge in [-0.15, -0.1) is 0 Å². The zero-order valence-corrected chi connectivity index (χ0v) is 13.4. The van der Waals surface area contributed by atoms with Gasteiger partial charge in [-0.05, 0) is 44.1 Å². The van der Waals surface area contributed by atoms with Gasteiger partial charge in [0.2, 0.25) is 0 Å². The van der Waals surface area contributed by atoms with Crippen LogP contribution in [-0.2, 0) is 0 Å². The first-order valence-corrected chi connectivity index (χ1v) is 8.76. The lowest BCUT2D eigenvalue weighted by molar-refractivity contribution is 0.161. The molecule has 2 fully saturated rings. The molecule has 2 aliphatic rings. The number of hydrogen-bond acceptors (Lipinski definition) is 3. The molecule has 4 nitrogen and oxygen atoms in total. The van der Waals surface area contributed by atoms with Crippen LogP contribution < -0.4 is 10.1 Å². The Hall–Kier alpha value is -1.36. The highest BCUT2D eigenvalue weighted by molar-refractivity contribution is 7.99. The van der Waals surface area contributed by atoms with Crippen molar-refractivity contribution in [2.24, 2.45) is 0 Å². The SMILES string of the molecule is COc1cccc(NC(=O)N2C3CCC2CC(SC)C3)c1. The van der Waals surface area contributed by atoms with E-state index in [-0.39, 0.29) is 6.03 Å². The molecule has 0 aromatic heterocycles. The summed E-state index contributed by atoms with van der Waals surface area (Å²) in [4.78, 5) is 14.7. The maximum atomic E-state index is 12.6. The first-order valence-electron chi connectivity index (χ1n) is 7.47. The molecule has 2 bridgehead atoms. The van der Waals surface area contributed by atoms with E-state index in [0.717, 1.165) is 37.1 Å². The average molecular weight is 306 g/mol. The topological polar surface area (TPSA) is 41.6 Å². The normalized spacial score (nSPS) is 27.5. The van der Waals surface area contributed by atoms with Crippen molar-refractivity contribution in [1.29, 1.82) is 0 Å². The van der Waals surface area contributed by atoms with Gasteiger partial charge in [0.25, 0.3) is 0 Å². The standard InChI is InChI=1S/C16H22N2O2S/c1-20-14-5-3-4-11(8-14)17-16(19)18-12-6-7-13(18)10-15(9-12)21-2/h3-5,8,12-13,15H,6-7,9-10H2,1-2H3,(H,17,19). The summed E-state index contributed by atoms with van der Waals surface area (Å²) in [6.07, 6.45) is 6.73. The van der Waals surface area contributed by atoms with Crippen molar-refractivity contribution in [3.05, 3.63) is 24.3 Å². The number of amides is 2. The van der Waals surface area contributed by atoms with Gasteiger partial charge in [-0.25, -0.2) is 4.79 Å². The monoisotopic (exact) mass is 306 g/mol. The Morgan fingerprint density at radius 1 is 1.33 bits per heavy atom. The van der Waals surface area contributed by atoms with Gasteiger partial charge >= 0.3 is 6.03 Å². The molecular formula is C16H22N2O2S. The van der Waals surface area contributed by atoms with Crippen LogP contribution in [0.1, 0.15) is 25.7 Å². The summed E-state index contributed by atoms with van der Waals surface area (Å²) >= 11 is 1.94. The molecule has 2 heterocycles. The Morgan fingerprint density at radius 3 is 2.67 bits per heavy atom. The molecule has 21 heavy (non-hydrogen) atoms. The Balaban J connectivity index is 1.68. The number of anilines is 1. The molecule has 2 saturated heterocycles. The Kier molecular flexibility index (Phi) is 4.29. The van der Waals surface area contributed by atoms with Crippen LogP contribution in [0.2, 0.25) is 0 Å². The van der Waals surface area contributed by atoms with Crippen molar-refractivity contribution in [3.8, 4) is 5.75 Å². The molecule has 114 valence electrons. The van der Waals surface area contributed by atoms with E-state index >= 15 is 0 Å². The number of rotatable bonds is 3. The Bertz CT molecular complexity index is 509. The number of hydrogen-bond donors (Lipinski definition) is 1. The molecule has 3 rings (SSSR count). The number of carbonyl (C=O) groups excluding carboxylic acids is 1. The third-order valence-corrected chi connectivity index (χ3v) is 5.63. The van der Waals surface area contributed by atoms with Crippen molar-refractivity contribution in [2.45, 2.75) is 43.0 Å². The van der Waals surface area contributed by atoms with Gasteiger partial charge < -0.3 is 15.0 Å². The van der Waals surface area contributed by atoms with Crippen molar-refractivity contribution in [3.63, 3.8) is 0 Å². The number of ether oxygens (including phenoxy) is 1. The number of piperidine rings is 1. The van der Waals surface area contributed by atoms with Crippen LogP contribution in [0, 0.1) is 0 Å². The summed E-state index contributed by atoms with van der Waals surface area (Å²) in [5, 5.41) is 3.73. The minimum atomic E-state index is 0.0373. The smallest absolute Gasteiger partial charge is 0.322 e. The number of urea groups is 1. The maximum absolute atomic E-state index is 12.6. The third kappa shape index (κ3) is 2.98. The zero-order chi connectivity index (χ0) is 14.8. The van der Waals surface area contributed by atoms with E-state index < -0.39 is 0 Å². The molecular weight excluding hydrogens is 284 g/mol. The summed E-state index contributed by atoms with van der Waals surface area (Å²) in [6, 6.07) is 8.38. The van der Waals surface area contributed by atoms with Crippen molar-refractivity contribution < 1.29 is 9.53 Å². The fraction of sp³-hybridized carbons (Fsp3) is 0.562. The van der Waals surface area contributed by atoms with E-state index in [1.54, 1.807) is 7.11 Å². The molecule has 5 heteroatoms. The summed E-state index contributed by atoms with van der Waals surface area (Å²) < 4.78 is 5.20. The van der Waals surface area contributed by atoms with Crippen LogP contribution in [0.5, 0.6) is 5.75 Å². The van der Waals surface area contributed by atoms with Crippen LogP contribution in [0.3, 0.4) is 0 Å². The summed E-state index contributed by atoms with van der Waals surface area (Å²) in [5.41, 5.74) is 0.797. The fourth-order valence-electron chi connectivity index (χ4n) is 3.54. The molecule has 0 saturated carbocycles. The summed E-state index contributed by atoms with van der Waals surface area (Å²) in [6.45, 7) is 0. The minimum Gasteiger partial charge on any atom is -0.497 e. The van der Waals surface area contributed by atoms with Gasteiger partial charge in [0.05, 0.1) is 7.11 Å². The maximum Gasteiger partial charge on any atom is 0.322 e. The van der Waals surface area contributed by atoms with Crippen LogP contribution >= 0.6 is 11.8 Å². The first kappa shape index (κ1) is 14.6. The number of benzene rings is 1. The minimum absolute atomic E-state index is 0.0373. The third-order valence-electron chi connectivity index (χ3n) is 4.58. The second-order valence-corrected chi connectivity index (χ2v) is 6.92. The predicted octanol–water partition coefficient (Wildman–Crippen LogP) is 3.59. The molecule has 2 aliphatic heterocycles. The highest BCUT2D eigenvalue weighted by Crippen LogP contribution is 2.39. The number of methoxy groups -OCH3 is 1. The van der Waals surface area contributed by atoms with Gasteiger partial charge in [-0.1, -0.05) is 6.07 Å². The number of nitrogens with zero attached hydrogens (tertiary/aromatic N) is 1. The Morgan fingerprint density at radius 2 is 2.05 bits per heavy atom. The first-order chi connectivity index (χ1) is 10.2. The lowest BCUT2D eigenvalue weighted by Crippen LogP contribution is -2.49. The lowest BCUT2D eigenvalue weighted by atomic mass is 10.0. The molecule has 1 N–H and O–H groups in total. The van der Waals surface area contributed by atoms with Crippen LogP contribution in [-0.4, -0.2) is 41.6 Å². The van der Waals surface area contributed by atoms with Gasteiger partial charge in [0, 0.05) is 29.1 Å². The Labute approximate surface area is 130 Å². The van der Waals surface area contributed by atoms with Crippen LogP contribution in [0.15, 0.2) is 24.3 Å². The van der Waals surface area contributed by atoms with Gasteiger partial charge in [0.15, 0.2) is 0 Å². The second kappa shape index (κ2) is 6.18. The summed E-state index contributed by atoms with van der Waals surface area (Å²) in [7, 11) is 1.63. The number of nitrogens with one attached hydrogen (secondary N) is 1. The molecule has 0 radical (unpaired) electrons. The van der Waals surface area contributed by atoms with Crippen LogP contribution in [0.4, 0.5) is 10.5 Å². The van der Waals surface area contributed by atoms with E-state index in [2.05, 4.69) is 16.5 Å². The van der Waals surface area contributed by atoms with Crippen molar-refractivity contribution in [2.75, 3.05) is 18.7 Å². The number of carbonyl (C=O) groups is 1. The highest BCUT2D eigenvalue weighted by Gasteiger charge is 2.42. The molecule has 1 aromatic carbocycles. The van der Waals surface area contributed by atoms with Gasteiger partial charge in [-0.2, -0.15) is 11.8 Å². The summed E-state index contributed by atoms with van der Waals surface area (Å²) in [5.74, 6) is 0.761. The largest absolute Gasteiger partial charge is 0.497 e. The number of fused-ring (bicyclic) bond motifs is 2. The molecule has 2 atom stereocenters. The van der Waals surface area contributed by atoms with Gasteiger partial charge in [-0.3, -0.25) is 0 Å². The van der Waals surface area contributed by atoms with Crippen molar-refractivity contribution >= 4 is 23.5 Å². The second-order valence-electron chi connectivity index (χ2n) is 5.78. The molecule has 1 aromatic rings. The van der Waals surface area contributed by atoms with E-state index in [0.29, 0.717) is 17.3 Å². The molecule has 0 spiro atoms. The highest BCUT2D eigenvalue weighted by atomic mass is 32.2. The van der Waals surface area contributed by atoms with Gasteiger partial charge in [0.1, 0.15) is 5.75 Å². The quantitative estimate of drug-likeness (QED) is 0.928. The number of thioether (sulfide) groups is 1. The molecule has 2 unspecified atom stereocenters. The zero-order valence-electron chi connectivity index (χ0n) is 12.5. The average Bonchev–Trinajstić information content (AvgIpc) is 2.78. The van der Waals surface area contributed by atoms with Crippen molar-refractivity contribution in [1.82, 2.24) is 4.90 Å².